The fraction of sp³-hybridized carbons (Fsp3) is 0.368. The standard InChI is InChI=1S/C19H22ClN3OS2/c1-14-17(25-12-6-5-11-24-2)9-10-21-19(14)26-13-18-22-15-7-3-4-8-16(15)23(18)20/h3-4,7-10H,5-6,11-13H2,1-2H3. The summed E-state index contributed by atoms with van der Waals surface area (Å²) >= 11 is 9.97. The zero-order chi connectivity index (χ0) is 18.4. The Balaban J connectivity index is 1.64. The topological polar surface area (TPSA) is 39.9 Å². The van der Waals surface area contributed by atoms with Crippen LogP contribution in [0, 0.1) is 6.92 Å². The first kappa shape index (κ1) is 19.5. The molecule has 0 unspecified atom stereocenters. The number of para-hydroxylation sites is 2. The first-order chi connectivity index (χ1) is 12.7. The number of rotatable bonds is 9. The van der Waals surface area contributed by atoms with Crippen LogP contribution in [0.3, 0.4) is 0 Å². The molecule has 138 valence electrons. The van der Waals surface area contributed by atoms with E-state index in [0.29, 0.717) is 5.75 Å². The average molecular weight is 408 g/mol. The minimum Gasteiger partial charge on any atom is -0.385 e. The monoisotopic (exact) mass is 407 g/mol. The van der Waals surface area contributed by atoms with Crippen LogP contribution in [0.1, 0.15) is 24.2 Å². The minimum absolute atomic E-state index is 0.688. The summed E-state index contributed by atoms with van der Waals surface area (Å²) in [6.45, 7) is 2.97. The van der Waals surface area contributed by atoms with E-state index in [1.165, 1.54) is 10.5 Å². The predicted octanol–water partition coefficient (Wildman–Crippen LogP) is 5.55. The fourth-order valence-electron chi connectivity index (χ4n) is 2.60. The average Bonchev–Trinajstić information content (AvgIpc) is 2.98. The van der Waals surface area contributed by atoms with E-state index >= 15 is 0 Å². The second-order valence-electron chi connectivity index (χ2n) is 5.87. The third-order valence-corrected chi connectivity index (χ3v) is 6.73. The van der Waals surface area contributed by atoms with Crippen molar-refractivity contribution >= 4 is 46.3 Å². The Bertz CT molecular complexity index is 869. The van der Waals surface area contributed by atoms with E-state index in [9.17, 15) is 0 Å². The Morgan fingerprint density at radius 2 is 2.00 bits per heavy atom. The van der Waals surface area contributed by atoms with Gasteiger partial charge >= 0.3 is 0 Å². The number of nitrogens with zero attached hydrogens (tertiary/aromatic N) is 3. The highest BCUT2D eigenvalue weighted by Gasteiger charge is 2.12. The van der Waals surface area contributed by atoms with E-state index in [1.54, 1.807) is 23.0 Å². The number of benzene rings is 1. The van der Waals surface area contributed by atoms with Gasteiger partial charge in [-0.2, -0.15) is 0 Å². The first-order valence-electron chi connectivity index (χ1n) is 8.53. The van der Waals surface area contributed by atoms with Crippen LogP contribution in [0.5, 0.6) is 0 Å². The highest BCUT2D eigenvalue weighted by molar-refractivity contribution is 7.99. The van der Waals surface area contributed by atoms with Crippen molar-refractivity contribution in [2.75, 3.05) is 19.5 Å². The molecule has 0 aliphatic heterocycles. The molecule has 0 aliphatic rings. The first-order valence-corrected chi connectivity index (χ1v) is 10.8. The van der Waals surface area contributed by atoms with Crippen LogP contribution in [0.25, 0.3) is 11.0 Å². The van der Waals surface area contributed by atoms with Gasteiger partial charge in [0.05, 0.1) is 16.8 Å². The second kappa shape index (κ2) is 9.65. The fourth-order valence-corrected chi connectivity index (χ4v) is 4.94. The van der Waals surface area contributed by atoms with E-state index in [4.69, 9.17) is 16.5 Å². The molecule has 0 spiro atoms. The molecule has 0 amide bonds. The molecule has 2 aromatic heterocycles. The van der Waals surface area contributed by atoms with Gasteiger partial charge in [0.2, 0.25) is 0 Å². The largest absolute Gasteiger partial charge is 0.385 e. The summed E-state index contributed by atoms with van der Waals surface area (Å²) in [7, 11) is 1.75. The van der Waals surface area contributed by atoms with Crippen LogP contribution in [0.15, 0.2) is 46.5 Å². The normalized spacial score (nSPS) is 11.3. The Morgan fingerprint density at radius 3 is 2.81 bits per heavy atom. The highest BCUT2D eigenvalue weighted by Crippen LogP contribution is 2.31. The van der Waals surface area contributed by atoms with Crippen molar-refractivity contribution in [3.63, 3.8) is 0 Å². The van der Waals surface area contributed by atoms with E-state index in [-0.39, 0.29) is 0 Å². The third kappa shape index (κ3) is 4.74. The molecule has 0 saturated heterocycles. The van der Waals surface area contributed by atoms with E-state index in [2.05, 4.69) is 23.0 Å². The molecule has 0 saturated carbocycles. The van der Waals surface area contributed by atoms with Crippen LogP contribution >= 0.6 is 35.3 Å². The predicted molar refractivity (Wildman–Crippen MR) is 111 cm³/mol. The maximum Gasteiger partial charge on any atom is 0.135 e. The molecule has 1 aromatic carbocycles. The van der Waals surface area contributed by atoms with Gasteiger partial charge < -0.3 is 4.74 Å². The van der Waals surface area contributed by atoms with Gasteiger partial charge in [-0.25, -0.2) is 14.1 Å². The molecule has 0 aliphatic carbocycles. The highest BCUT2D eigenvalue weighted by atomic mass is 35.5. The van der Waals surface area contributed by atoms with Crippen molar-refractivity contribution < 1.29 is 4.74 Å². The Hall–Kier alpha value is -1.21. The lowest BCUT2D eigenvalue weighted by Gasteiger charge is -2.09. The number of imidazole rings is 1. The number of ether oxygens (including phenoxy) is 1. The zero-order valence-corrected chi connectivity index (χ0v) is 17.3. The number of fused-ring (bicyclic) bond motifs is 1. The van der Waals surface area contributed by atoms with Gasteiger partial charge in [-0.05, 0) is 49.3 Å². The summed E-state index contributed by atoms with van der Waals surface area (Å²) in [4.78, 5) is 10.5. The van der Waals surface area contributed by atoms with E-state index in [1.807, 2.05) is 42.2 Å². The summed E-state index contributed by atoms with van der Waals surface area (Å²) in [5.41, 5.74) is 3.09. The van der Waals surface area contributed by atoms with Crippen LogP contribution in [-0.4, -0.2) is 33.5 Å². The van der Waals surface area contributed by atoms with Gasteiger partial charge in [0.1, 0.15) is 10.9 Å². The molecule has 2 heterocycles. The van der Waals surface area contributed by atoms with Crippen LogP contribution in [0.4, 0.5) is 0 Å². The number of halogens is 1. The summed E-state index contributed by atoms with van der Waals surface area (Å²) in [5.74, 6) is 2.63. The van der Waals surface area contributed by atoms with Crippen molar-refractivity contribution in [3.05, 3.63) is 47.9 Å². The van der Waals surface area contributed by atoms with Gasteiger partial charge in [-0.3, -0.25) is 0 Å². The number of thioether (sulfide) groups is 2. The van der Waals surface area contributed by atoms with Crippen molar-refractivity contribution in [1.29, 1.82) is 0 Å². The molecular formula is C19H22ClN3OS2. The van der Waals surface area contributed by atoms with Gasteiger partial charge in [0.25, 0.3) is 0 Å². The molecule has 4 nitrogen and oxygen atoms in total. The summed E-state index contributed by atoms with van der Waals surface area (Å²) in [6.07, 6.45) is 4.14. The number of pyridine rings is 1. The molecule has 3 aromatic rings. The minimum atomic E-state index is 0.688. The zero-order valence-electron chi connectivity index (χ0n) is 14.9. The SMILES string of the molecule is COCCCCSc1ccnc(SCc2nc3ccccc3n2Cl)c1C. The Morgan fingerprint density at radius 1 is 1.15 bits per heavy atom. The molecule has 26 heavy (non-hydrogen) atoms. The maximum absolute atomic E-state index is 6.41. The molecule has 7 heteroatoms. The van der Waals surface area contributed by atoms with Gasteiger partial charge in [-0.1, -0.05) is 23.9 Å². The summed E-state index contributed by atoms with van der Waals surface area (Å²) in [5, 5.41) is 1.04. The lowest BCUT2D eigenvalue weighted by Crippen LogP contribution is -1.94. The smallest absolute Gasteiger partial charge is 0.135 e. The van der Waals surface area contributed by atoms with E-state index in [0.717, 1.165) is 47.1 Å². The third-order valence-electron chi connectivity index (χ3n) is 4.02. The molecule has 0 radical (unpaired) electrons. The molecule has 3 rings (SSSR count). The quantitative estimate of drug-likeness (QED) is 0.343. The molecular weight excluding hydrogens is 386 g/mol. The number of hydrogen-bond acceptors (Lipinski definition) is 5. The number of methoxy groups -OCH3 is 1. The Kier molecular flexibility index (Phi) is 7.25. The maximum atomic E-state index is 6.41. The molecule has 0 atom stereocenters. The number of unbranched alkanes of at least 4 members (excludes halogenated alkanes) is 1. The van der Waals surface area contributed by atoms with Crippen molar-refractivity contribution in [3.8, 4) is 0 Å². The molecule has 0 fully saturated rings. The number of aromatic nitrogens is 3. The molecule has 0 bridgehead atoms. The van der Waals surface area contributed by atoms with Gasteiger partial charge in [0, 0.05) is 36.6 Å². The van der Waals surface area contributed by atoms with Crippen LogP contribution < -0.4 is 0 Å². The Labute approximate surface area is 167 Å². The molecule has 0 N–H and O–H groups in total. The second-order valence-corrected chi connectivity index (χ2v) is 8.31. The van der Waals surface area contributed by atoms with Crippen LogP contribution in [-0.2, 0) is 10.5 Å². The van der Waals surface area contributed by atoms with Crippen molar-refractivity contribution in [2.45, 2.75) is 35.4 Å². The van der Waals surface area contributed by atoms with Gasteiger partial charge in [-0.15, -0.1) is 11.8 Å². The summed E-state index contributed by atoms with van der Waals surface area (Å²) in [6, 6.07) is 10.00. The summed E-state index contributed by atoms with van der Waals surface area (Å²) < 4.78 is 6.75. The van der Waals surface area contributed by atoms with Gasteiger partial charge in [0.15, 0.2) is 0 Å². The van der Waals surface area contributed by atoms with Crippen molar-refractivity contribution in [1.82, 2.24) is 14.1 Å². The lowest BCUT2D eigenvalue weighted by molar-refractivity contribution is 0.194. The lowest BCUT2D eigenvalue weighted by atomic mass is 10.3. The van der Waals surface area contributed by atoms with E-state index < -0.39 is 0 Å². The van der Waals surface area contributed by atoms with Crippen LogP contribution in [0.2, 0.25) is 0 Å². The van der Waals surface area contributed by atoms with Crippen molar-refractivity contribution in [2.24, 2.45) is 0 Å². The number of hydrogen-bond donors (Lipinski definition) is 0.